The van der Waals surface area contributed by atoms with Crippen molar-refractivity contribution < 1.29 is 4.74 Å². The minimum atomic E-state index is 0. The fraction of sp³-hybridized carbons (Fsp3) is 0.611. The summed E-state index contributed by atoms with van der Waals surface area (Å²) < 4.78 is 5.41. The Morgan fingerprint density at radius 1 is 1.25 bits per heavy atom. The van der Waals surface area contributed by atoms with Crippen LogP contribution in [-0.2, 0) is 17.8 Å². The number of ether oxygens (including phenoxy) is 1. The molecule has 0 aromatic heterocycles. The first-order valence-corrected chi connectivity index (χ1v) is 8.56. The molecule has 0 atom stereocenters. The Hall–Kier alpha value is -0.860. The van der Waals surface area contributed by atoms with Crippen LogP contribution < -0.4 is 11.1 Å². The summed E-state index contributed by atoms with van der Waals surface area (Å²) in [6, 6.07) is 8.48. The second-order valence-corrected chi connectivity index (χ2v) is 6.47. The Bertz CT molecular complexity index is 502. The Morgan fingerprint density at radius 2 is 1.92 bits per heavy atom. The van der Waals surface area contributed by atoms with E-state index in [-0.39, 0.29) is 24.0 Å². The molecule has 1 heterocycles. The normalized spacial score (nSPS) is 16.0. The maximum Gasteiger partial charge on any atom is 0.188 e. The highest BCUT2D eigenvalue weighted by atomic mass is 127. The fourth-order valence-corrected chi connectivity index (χ4v) is 2.58. The van der Waals surface area contributed by atoms with E-state index < -0.39 is 0 Å². The average Bonchev–Trinajstić information content (AvgIpc) is 2.55. The van der Waals surface area contributed by atoms with Crippen molar-refractivity contribution in [3.63, 3.8) is 0 Å². The third-order valence-electron chi connectivity index (χ3n) is 4.06. The first-order chi connectivity index (χ1) is 11.1. The zero-order valence-electron chi connectivity index (χ0n) is 14.8. The van der Waals surface area contributed by atoms with Gasteiger partial charge in [0.2, 0.25) is 0 Å². The summed E-state index contributed by atoms with van der Waals surface area (Å²) in [5.74, 6) is 1.20. The number of hydrogen-bond acceptors (Lipinski definition) is 3. The maximum absolute atomic E-state index is 5.95. The van der Waals surface area contributed by atoms with Crippen LogP contribution in [0.5, 0.6) is 0 Å². The van der Waals surface area contributed by atoms with Gasteiger partial charge in [-0.25, -0.2) is 4.99 Å². The molecule has 1 saturated heterocycles. The highest BCUT2D eigenvalue weighted by molar-refractivity contribution is 14.0. The summed E-state index contributed by atoms with van der Waals surface area (Å²) in [5, 5.41) is 3.19. The van der Waals surface area contributed by atoms with Crippen molar-refractivity contribution in [2.24, 2.45) is 16.6 Å². The van der Waals surface area contributed by atoms with Crippen molar-refractivity contribution in [1.82, 2.24) is 10.2 Å². The van der Waals surface area contributed by atoms with Crippen LogP contribution in [0.4, 0.5) is 0 Å². The number of morpholine rings is 1. The molecule has 3 N–H and O–H groups in total. The van der Waals surface area contributed by atoms with E-state index >= 15 is 0 Å². The van der Waals surface area contributed by atoms with E-state index in [2.05, 4.69) is 53.3 Å². The van der Waals surface area contributed by atoms with Crippen LogP contribution in [0, 0.1) is 5.92 Å². The minimum Gasteiger partial charge on any atom is -0.379 e. The van der Waals surface area contributed by atoms with E-state index in [1.165, 1.54) is 11.1 Å². The summed E-state index contributed by atoms with van der Waals surface area (Å²) in [7, 11) is 0. The van der Waals surface area contributed by atoms with Gasteiger partial charge in [0.15, 0.2) is 5.96 Å². The van der Waals surface area contributed by atoms with E-state index in [0.717, 1.165) is 45.8 Å². The third kappa shape index (κ3) is 7.81. The number of benzene rings is 1. The van der Waals surface area contributed by atoms with Gasteiger partial charge in [0, 0.05) is 26.2 Å². The lowest BCUT2D eigenvalue weighted by Crippen LogP contribution is -2.36. The number of nitrogens with one attached hydrogen (secondary N) is 1. The topological polar surface area (TPSA) is 62.9 Å². The Balaban J connectivity index is 0.00000288. The smallest absolute Gasteiger partial charge is 0.188 e. The first kappa shape index (κ1) is 21.2. The molecule has 1 aliphatic heterocycles. The van der Waals surface area contributed by atoms with Crippen molar-refractivity contribution in [1.29, 1.82) is 0 Å². The van der Waals surface area contributed by atoms with Crippen LogP contribution in [0.1, 0.15) is 31.4 Å². The SMILES string of the molecule is CC(C)CCNC(N)=NCc1ccccc1CN1CCOCC1.I. The minimum absolute atomic E-state index is 0. The van der Waals surface area contributed by atoms with Crippen molar-refractivity contribution in [2.75, 3.05) is 32.8 Å². The zero-order chi connectivity index (χ0) is 16.5. The Labute approximate surface area is 163 Å². The predicted molar refractivity (Wildman–Crippen MR) is 111 cm³/mol. The molecule has 1 aromatic rings. The number of rotatable bonds is 7. The van der Waals surface area contributed by atoms with E-state index in [9.17, 15) is 0 Å². The van der Waals surface area contributed by atoms with Gasteiger partial charge in [-0.1, -0.05) is 38.1 Å². The van der Waals surface area contributed by atoms with E-state index in [4.69, 9.17) is 10.5 Å². The van der Waals surface area contributed by atoms with Crippen LogP contribution in [0.2, 0.25) is 0 Å². The van der Waals surface area contributed by atoms with Gasteiger partial charge in [-0.15, -0.1) is 24.0 Å². The summed E-state index contributed by atoms with van der Waals surface area (Å²) in [4.78, 5) is 6.91. The molecule has 0 spiro atoms. The van der Waals surface area contributed by atoms with Crippen LogP contribution >= 0.6 is 24.0 Å². The van der Waals surface area contributed by atoms with Crippen LogP contribution in [-0.4, -0.2) is 43.7 Å². The lowest BCUT2D eigenvalue weighted by molar-refractivity contribution is 0.0341. The number of halogens is 1. The maximum atomic E-state index is 5.95. The van der Waals surface area contributed by atoms with E-state index in [0.29, 0.717) is 18.4 Å². The molecule has 24 heavy (non-hydrogen) atoms. The van der Waals surface area contributed by atoms with Crippen LogP contribution in [0.15, 0.2) is 29.3 Å². The molecular weight excluding hydrogens is 415 g/mol. The summed E-state index contributed by atoms with van der Waals surface area (Å²) >= 11 is 0. The van der Waals surface area contributed by atoms with Crippen molar-refractivity contribution >= 4 is 29.9 Å². The molecule has 0 bridgehead atoms. The monoisotopic (exact) mass is 446 g/mol. The summed E-state index contributed by atoms with van der Waals surface area (Å²) in [6.07, 6.45) is 1.10. The molecule has 136 valence electrons. The van der Waals surface area contributed by atoms with E-state index in [1.807, 2.05) is 0 Å². The largest absolute Gasteiger partial charge is 0.379 e. The van der Waals surface area contributed by atoms with Crippen LogP contribution in [0.3, 0.4) is 0 Å². The molecular formula is C18H31IN4O. The fourth-order valence-electron chi connectivity index (χ4n) is 2.58. The molecule has 1 fully saturated rings. The van der Waals surface area contributed by atoms with Gasteiger partial charge >= 0.3 is 0 Å². The Kier molecular flexibility index (Phi) is 10.3. The van der Waals surface area contributed by atoms with Crippen molar-refractivity contribution in [3.05, 3.63) is 35.4 Å². The van der Waals surface area contributed by atoms with Gasteiger partial charge in [-0.3, -0.25) is 4.90 Å². The number of guanidine groups is 1. The van der Waals surface area contributed by atoms with Gasteiger partial charge in [-0.2, -0.15) is 0 Å². The zero-order valence-corrected chi connectivity index (χ0v) is 17.2. The van der Waals surface area contributed by atoms with Gasteiger partial charge < -0.3 is 15.8 Å². The van der Waals surface area contributed by atoms with Crippen molar-refractivity contribution in [3.8, 4) is 0 Å². The average molecular weight is 446 g/mol. The molecule has 1 aromatic carbocycles. The number of hydrogen-bond donors (Lipinski definition) is 2. The second-order valence-electron chi connectivity index (χ2n) is 6.47. The van der Waals surface area contributed by atoms with Gasteiger partial charge in [-0.05, 0) is 23.5 Å². The molecule has 6 heteroatoms. The highest BCUT2D eigenvalue weighted by Crippen LogP contribution is 2.14. The van der Waals surface area contributed by atoms with Gasteiger partial charge in [0.1, 0.15) is 0 Å². The van der Waals surface area contributed by atoms with Gasteiger partial charge in [0.05, 0.1) is 19.8 Å². The Morgan fingerprint density at radius 3 is 2.58 bits per heavy atom. The van der Waals surface area contributed by atoms with E-state index in [1.54, 1.807) is 0 Å². The molecule has 0 amide bonds. The standard InChI is InChI=1S/C18H30N4O.HI/c1-15(2)7-8-20-18(19)21-13-16-5-3-4-6-17(16)14-22-9-11-23-12-10-22;/h3-6,15H,7-14H2,1-2H3,(H3,19,20,21);1H. The molecule has 2 rings (SSSR count). The molecule has 0 saturated carbocycles. The second kappa shape index (κ2) is 11.7. The molecule has 0 aliphatic carbocycles. The van der Waals surface area contributed by atoms with Gasteiger partial charge in [0.25, 0.3) is 0 Å². The van der Waals surface area contributed by atoms with Crippen molar-refractivity contribution in [2.45, 2.75) is 33.4 Å². The molecule has 1 aliphatic rings. The number of nitrogens with two attached hydrogens (primary N) is 1. The molecule has 5 nitrogen and oxygen atoms in total. The summed E-state index contributed by atoms with van der Waals surface area (Å²) in [5.41, 5.74) is 8.52. The molecule has 0 unspecified atom stereocenters. The quantitative estimate of drug-likeness (QED) is 0.384. The highest BCUT2D eigenvalue weighted by Gasteiger charge is 2.12. The third-order valence-corrected chi connectivity index (χ3v) is 4.06. The summed E-state index contributed by atoms with van der Waals surface area (Å²) in [6.45, 7) is 10.5. The number of nitrogens with zero attached hydrogens (tertiary/aromatic N) is 2. The lowest BCUT2D eigenvalue weighted by Gasteiger charge is -2.27. The first-order valence-electron chi connectivity index (χ1n) is 8.56. The van der Waals surface area contributed by atoms with Crippen LogP contribution in [0.25, 0.3) is 0 Å². The molecule has 0 radical (unpaired) electrons. The number of aliphatic imine (C=N–C) groups is 1. The lowest BCUT2D eigenvalue weighted by atomic mass is 10.1. The predicted octanol–water partition coefficient (Wildman–Crippen LogP) is 2.59.